The highest BCUT2D eigenvalue weighted by molar-refractivity contribution is 7.99. The number of nitrogens with zero attached hydrogens (tertiary/aromatic N) is 2. The summed E-state index contributed by atoms with van der Waals surface area (Å²) >= 11 is 1.81. The third kappa shape index (κ3) is 4.31. The maximum absolute atomic E-state index is 5.91. The van der Waals surface area contributed by atoms with Gasteiger partial charge in [-0.1, -0.05) is 36.4 Å². The minimum Gasteiger partial charge on any atom is -0.490 e. The van der Waals surface area contributed by atoms with Crippen LogP contribution in [0.15, 0.2) is 73.1 Å². The van der Waals surface area contributed by atoms with Crippen molar-refractivity contribution in [2.24, 2.45) is 0 Å². The van der Waals surface area contributed by atoms with Crippen molar-refractivity contribution in [3.63, 3.8) is 0 Å². The summed E-state index contributed by atoms with van der Waals surface area (Å²) < 4.78 is 11.8. The molecule has 27 heavy (non-hydrogen) atoms. The minimum atomic E-state index is 0.649. The third-order valence-electron chi connectivity index (χ3n) is 4.16. The lowest BCUT2D eigenvalue weighted by atomic mass is 10.2. The molecule has 2 aromatic carbocycles. The second kappa shape index (κ2) is 8.73. The van der Waals surface area contributed by atoms with E-state index in [0.717, 1.165) is 44.8 Å². The molecule has 0 amide bonds. The Morgan fingerprint density at radius 3 is 1.63 bits per heavy atom. The Hall–Kier alpha value is -2.79. The van der Waals surface area contributed by atoms with Gasteiger partial charge in [0, 0.05) is 34.7 Å². The summed E-state index contributed by atoms with van der Waals surface area (Å²) in [6.45, 7) is 1.30. The molecule has 136 valence electrons. The number of ether oxygens (including phenoxy) is 2. The molecule has 2 heterocycles. The van der Waals surface area contributed by atoms with Gasteiger partial charge in [-0.25, -0.2) is 0 Å². The molecule has 5 heteroatoms. The van der Waals surface area contributed by atoms with E-state index in [1.54, 1.807) is 12.4 Å². The number of rotatable bonds is 8. The van der Waals surface area contributed by atoms with Crippen molar-refractivity contribution in [2.75, 3.05) is 24.7 Å². The zero-order valence-electron chi connectivity index (χ0n) is 14.9. The summed E-state index contributed by atoms with van der Waals surface area (Å²) in [6, 6.07) is 20.0. The van der Waals surface area contributed by atoms with Crippen LogP contribution in [0.5, 0.6) is 11.5 Å². The second-order valence-electron chi connectivity index (χ2n) is 5.97. The summed E-state index contributed by atoms with van der Waals surface area (Å²) in [5, 5.41) is 2.19. The first-order valence-corrected chi connectivity index (χ1v) is 10.1. The van der Waals surface area contributed by atoms with E-state index in [2.05, 4.69) is 9.97 Å². The highest BCUT2D eigenvalue weighted by Gasteiger charge is 2.04. The molecule has 0 atom stereocenters. The van der Waals surface area contributed by atoms with Gasteiger partial charge in [0.15, 0.2) is 0 Å². The molecular weight excluding hydrogens is 356 g/mol. The number of benzene rings is 2. The van der Waals surface area contributed by atoms with E-state index in [9.17, 15) is 0 Å². The van der Waals surface area contributed by atoms with Crippen LogP contribution in [0.25, 0.3) is 21.8 Å². The van der Waals surface area contributed by atoms with E-state index in [0.29, 0.717) is 13.2 Å². The van der Waals surface area contributed by atoms with Gasteiger partial charge in [-0.05, 0) is 24.3 Å². The highest BCUT2D eigenvalue weighted by atomic mass is 32.2. The molecule has 2 aromatic heterocycles. The van der Waals surface area contributed by atoms with E-state index in [1.165, 1.54) is 0 Å². The predicted molar refractivity (Wildman–Crippen MR) is 112 cm³/mol. The summed E-state index contributed by atoms with van der Waals surface area (Å²) in [7, 11) is 0. The summed E-state index contributed by atoms with van der Waals surface area (Å²) in [5.74, 6) is 3.49. The second-order valence-corrected chi connectivity index (χ2v) is 7.20. The van der Waals surface area contributed by atoms with Crippen molar-refractivity contribution in [3.05, 3.63) is 73.1 Å². The van der Waals surface area contributed by atoms with Gasteiger partial charge in [0.25, 0.3) is 0 Å². The number of pyridine rings is 2. The average molecular weight is 376 g/mol. The molecule has 0 aliphatic heterocycles. The molecule has 0 unspecified atom stereocenters. The zero-order chi connectivity index (χ0) is 18.3. The van der Waals surface area contributed by atoms with Crippen molar-refractivity contribution in [3.8, 4) is 11.5 Å². The quantitative estimate of drug-likeness (QED) is 0.406. The van der Waals surface area contributed by atoms with Crippen molar-refractivity contribution in [2.45, 2.75) is 0 Å². The number of hydrogen-bond donors (Lipinski definition) is 0. The number of hydrogen-bond acceptors (Lipinski definition) is 5. The normalized spacial score (nSPS) is 11.0. The molecule has 4 nitrogen and oxygen atoms in total. The van der Waals surface area contributed by atoms with Gasteiger partial charge in [0.2, 0.25) is 0 Å². The van der Waals surface area contributed by atoms with Crippen LogP contribution < -0.4 is 9.47 Å². The monoisotopic (exact) mass is 376 g/mol. The Balaban J connectivity index is 1.22. The van der Waals surface area contributed by atoms with E-state index in [-0.39, 0.29) is 0 Å². The van der Waals surface area contributed by atoms with Crippen LogP contribution in [0, 0.1) is 0 Å². The van der Waals surface area contributed by atoms with Crippen molar-refractivity contribution in [1.82, 2.24) is 9.97 Å². The van der Waals surface area contributed by atoms with Crippen LogP contribution in [0.2, 0.25) is 0 Å². The Morgan fingerprint density at radius 1 is 0.630 bits per heavy atom. The van der Waals surface area contributed by atoms with Crippen LogP contribution in [0.1, 0.15) is 0 Å². The molecule has 0 N–H and O–H groups in total. The van der Waals surface area contributed by atoms with Gasteiger partial charge < -0.3 is 9.47 Å². The SMILES string of the molecule is c1cnc2c(OCCSCCOc3cccc4cccnc34)cccc2c1. The van der Waals surface area contributed by atoms with E-state index >= 15 is 0 Å². The first-order valence-electron chi connectivity index (χ1n) is 8.93. The molecular formula is C22H20N2O2S. The first-order chi connectivity index (χ1) is 13.4. The van der Waals surface area contributed by atoms with Crippen LogP contribution in [-0.4, -0.2) is 34.7 Å². The Morgan fingerprint density at radius 2 is 1.11 bits per heavy atom. The highest BCUT2D eigenvalue weighted by Crippen LogP contribution is 2.24. The minimum absolute atomic E-state index is 0.649. The molecule has 0 aliphatic carbocycles. The Kier molecular flexibility index (Phi) is 5.70. The Bertz CT molecular complexity index is 945. The van der Waals surface area contributed by atoms with Gasteiger partial charge in [0.05, 0.1) is 13.2 Å². The van der Waals surface area contributed by atoms with Crippen LogP contribution in [0.4, 0.5) is 0 Å². The fourth-order valence-electron chi connectivity index (χ4n) is 2.91. The van der Waals surface area contributed by atoms with Crippen molar-refractivity contribution in [1.29, 1.82) is 0 Å². The number of fused-ring (bicyclic) bond motifs is 2. The maximum Gasteiger partial charge on any atom is 0.145 e. The van der Waals surface area contributed by atoms with Crippen molar-refractivity contribution >= 4 is 33.6 Å². The fourth-order valence-corrected chi connectivity index (χ4v) is 3.52. The van der Waals surface area contributed by atoms with E-state index < -0.39 is 0 Å². The van der Waals surface area contributed by atoms with E-state index in [1.807, 2.05) is 72.4 Å². The molecule has 0 bridgehead atoms. The van der Waals surface area contributed by atoms with E-state index in [4.69, 9.17) is 9.47 Å². The smallest absolute Gasteiger partial charge is 0.145 e. The number of para-hydroxylation sites is 2. The molecule has 0 aliphatic rings. The lowest BCUT2D eigenvalue weighted by Gasteiger charge is -2.10. The fraction of sp³-hybridized carbons (Fsp3) is 0.182. The van der Waals surface area contributed by atoms with Gasteiger partial charge in [0.1, 0.15) is 22.5 Å². The van der Waals surface area contributed by atoms with Gasteiger partial charge in [-0.3, -0.25) is 9.97 Å². The van der Waals surface area contributed by atoms with Gasteiger partial charge in [-0.2, -0.15) is 11.8 Å². The predicted octanol–water partition coefficient (Wildman–Crippen LogP) is 4.97. The molecule has 4 rings (SSSR count). The lowest BCUT2D eigenvalue weighted by Crippen LogP contribution is -2.05. The van der Waals surface area contributed by atoms with Crippen molar-refractivity contribution < 1.29 is 9.47 Å². The van der Waals surface area contributed by atoms with Crippen LogP contribution in [-0.2, 0) is 0 Å². The molecule has 0 fully saturated rings. The Labute approximate surface area is 162 Å². The van der Waals surface area contributed by atoms with Gasteiger partial charge in [-0.15, -0.1) is 0 Å². The number of aromatic nitrogens is 2. The molecule has 4 aromatic rings. The molecule has 0 radical (unpaired) electrons. The van der Waals surface area contributed by atoms with Crippen LogP contribution >= 0.6 is 11.8 Å². The average Bonchev–Trinajstić information content (AvgIpc) is 2.73. The summed E-state index contributed by atoms with van der Waals surface area (Å²) in [4.78, 5) is 8.82. The topological polar surface area (TPSA) is 44.2 Å². The van der Waals surface area contributed by atoms with Gasteiger partial charge >= 0.3 is 0 Å². The summed E-state index contributed by atoms with van der Waals surface area (Å²) in [6.07, 6.45) is 3.59. The lowest BCUT2D eigenvalue weighted by molar-refractivity contribution is 0.343. The number of thioether (sulfide) groups is 1. The largest absolute Gasteiger partial charge is 0.490 e. The molecule has 0 spiro atoms. The molecule has 0 saturated carbocycles. The molecule has 0 saturated heterocycles. The third-order valence-corrected chi connectivity index (χ3v) is 5.07. The first kappa shape index (κ1) is 17.6. The van der Waals surface area contributed by atoms with Crippen LogP contribution in [0.3, 0.4) is 0 Å². The maximum atomic E-state index is 5.91. The standard InChI is InChI=1S/C22H20N2O2S/c1-5-17-7-3-11-23-21(17)19(9-1)25-13-15-27-16-14-26-20-10-2-6-18-8-4-12-24-22(18)20/h1-12H,13-16H2. The zero-order valence-corrected chi connectivity index (χ0v) is 15.7. The summed E-state index contributed by atoms with van der Waals surface area (Å²) in [5.41, 5.74) is 1.83.